The third-order valence-corrected chi connectivity index (χ3v) is 4.23. The van der Waals surface area contributed by atoms with E-state index in [9.17, 15) is 0 Å². The Morgan fingerprint density at radius 3 is 2.67 bits per heavy atom. The van der Waals surface area contributed by atoms with Crippen LogP contribution in [0.3, 0.4) is 0 Å². The second-order valence-electron chi connectivity index (χ2n) is 5.43. The van der Waals surface area contributed by atoms with Crippen molar-refractivity contribution in [1.82, 2.24) is 9.97 Å². The summed E-state index contributed by atoms with van der Waals surface area (Å²) in [6.45, 7) is 2.49. The lowest BCUT2D eigenvalue weighted by atomic mass is 10.1. The van der Waals surface area contributed by atoms with Crippen LogP contribution in [0.4, 0.5) is 23.1 Å². The van der Waals surface area contributed by atoms with Crippen LogP contribution in [-0.2, 0) is 0 Å². The molecule has 0 saturated carbocycles. The number of rotatable bonds is 6. The predicted octanol–water partition coefficient (Wildman–Crippen LogP) is 5.41. The predicted molar refractivity (Wildman–Crippen MR) is 114 cm³/mol. The van der Waals surface area contributed by atoms with E-state index < -0.39 is 0 Å². The Labute approximate surface area is 169 Å². The number of ether oxygens (including phenoxy) is 1. The van der Waals surface area contributed by atoms with Crippen molar-refractivity contribution in [2.24, 2.45) is 5.11 Å². The van der Waals surface area contributed by atoms with Crippen LogP contribution in [-0.4, -0.2) is 16.6 Å². The molecule has 0 aliphatic heterocycles. The Hall–Kier alpha value is -3.04. The number of nitrogens with two attached hydrogens (primary N) is 1. The van der Waals surface area contributed by atoms with Crippen LogP contribution in [0.2, 0.25) is 0 Å². The first kappa shape index (κ1) is 18.7. The lowest BCUT2D eigenvalue weighted by molar-refractivity contribution is 0.341. The summed E-state index contributed by atoms with van der Waals surface area (Å²) < 4.78 is 6.78. The van der Waals surface area contributed by atoms with Gasteiger partial charge in [0.1, 0.15) is 11.6 Å². The molecule has 0 aliphatic rings. The smallest absolute Gasteiger partial charge is 0.222 e. The molecule has 27 heavy (non-hydrogen) atoms. The monoisotopic (exact) mass is 473 g/mol. The van der Waals surface area contributed by atoms with Gasteiger partial charge in [-0.3, -0.25) is 0 Å². The molecule has 8 nitrogen and oxygen atoms in total. The summed E-state index contributed by atoms with van der Waals surface area (Å²) in [5.74, 6) is 1.44. The standard InChI is InChI=1S/C18H16IN7O/c1-2-27-16-8-3-11(19)9-14(16)15-10-17(24-18(20)23-15)22-12-4-6-13(7-5-12)25-26-21/h3-10H,2H2,1H3,(H3,20,22,23,24). The third kappa shape index (κ3) is 4.78. The highest BCUT2D eigenvalue weighted by Crippen LogP contribution is 2.32. The molecule has 0 bridgehead atoms. The van der Waals surface area contributed by atoms with E-state index in [2.05, 4.69) is 47.9 Å². The molecule has 136 valence electrons. The molecular weight excluding hydrogens is 457 g/mol. The van der Waals surface area contributed by atoms with Gasteiger partial charge in [0.2, 0.25) is 5.95 Å². The minimum absolute atomic E-state index is 0.155. The summed E-state index contributed by atoms with van der Waals surface area (Å²) >= 11 is 2.24. The van der Waals surface area contributed by atoms with Gasteiger partial charge in [0.25, 0.3) is 0 Å². The number of hydrogen-bond donors (Lipinski definition) is 2. The Morgan fingerprint density at radius 1 is 1.19 bits per heavy atom. The Balaban J connectivity index is 1.95. The van der Waals surface area contributed by atoms with Gasteiger partial charge in [-0.25, -0.2) is 4.98 Å². The maximum atomic E-state index is 8.47. The highest BCUT2D eigenvalue weighted by molar-refractivity contribution is 14.1. The van der Waals surface area contributed by atoms with Crippen molar-refractivity contribution in [3.05, 3.63) is 62.5 Å². The molecule has 0 amide bonds. The lowest BCUT2D eigenvalue weighted by Crippen LogP contribution is -2.02. The maximum Gasteiger partial charge on any atom is 0.222 e. The van der Waals surface area contributed by atoms with Gasteiger partial charge in [-0.05, 0) is 65.4 Å². The molecule has 3 rings (SSSR count). The summed E-state index contributed by atoms with van der Waals surface area (Å²) in [6.07, 6.45) is 0. The number of aromatic nitrogens is 2. The number of anilines is 3. The van der Waals surface area contributed by atoms with Crippen molar-refractivity contribution in [3.8, 4) is 17.0 Å². The summed E-state index contributed by atoms with van der Waals surface area (Å²) in [6, 6.07) is 14.7. The minimum Gasteiger partial charge on any atom is -0.493 e. The zero-order chi connectivity index (χ0) is 19.2. The minimum atomic E-state index is 0.155. The first-order valence-corrected chi connectivity index (χ1v) is 9.16. The van der Waals surface area contributed by atoms with E-state index >= 15 is 0 Å². The molecule has 0 fully saturated rings. The molecule has 3 N–H and O–H groups in total. The number of nitrogens with one attached hydrogen (secondary N) is 1. The summed E-state index contributed by atoms with van der Waals surface area (Å²) in [4.78, 5) is 11.4. The van der Waals surface area contributed by atoms with Crippen LogP contribution in [0, 0.1) is 3.57 Å². The zero-order valence-corrected chi connectivity index (χ0v) is 16.6. The van der Waals surface area contributed by atoms with Crippen molar-refractivity contribution in [2.75, 3.05) is 17.7 Å². The second kappa shape index (κ2) is 8.56. The average Bonchev–Trinajstić information content (AvgIpc) is 2.65. The topological polar surface area (TPSA) is 122 Å². The number of halogens is 1. The Bertz CT molecular complexity index is 1000. The fourth-order valence-electron chi connectivity index (χ4n) is 2.46. The molecule has 0 saturated heterocycles. The first-order valence-electron chi connectivity index (χ1n) is 8.08. The normalized spacial score (nSPS) is 10.1. The molecular formula is C18H16IN7O. The van der Waals surface area contributed by atoms with Crippen molar-refractivity contribution < 1.29 is 4.74 Å². The molecule has 2 aromatic carbocycles. The number of benzene rings is 2. The van der Waals surface area contributed by atoms with Crippen molar-refractivity contribution in [2.45, 2.75) is 6.92 Å². The van der Waals surface area contributed by atoms with Gasteiger partial charge in [-0.2, -0.15) is 4.98 Å². The van der Waals surface area contributed by atoms with Crippen molar-refractivity contribution >= 4 is 45.7 Å². The number of nitrogens with zero attached hydrogens (tertiary/aromatic N) is 5. The van der Waals surface area contributed by atoms with Crippen LogP contribution in [0.5, 0.6) is 5.75 Å². The molecule has 0 unspecified atom stereocenters. The highest BCUT2D eigenvalue weighted by atomic mass is 127. The molecule has 1 aromatic heterocycles. The van der Waals surface area contributed by atoms with E-state index in [1.165, 1.54) is 0 Å². The molecule has 3 aromatic rings. The largest absolute Gasteiger partial charge is 0.493 e. The van der Waals surface area contributed by atoms with E-state index in [4.69, 9.17) is 16.0 Å². The van der Waals surface area contributed by atoms with E-state index in [0.29, 0.717) is 23.8 Å². The summed E-state index contributed by atoms with van der Waals surface area (Å²) in [5.41, 5.74) is 17.2. The third-order valence-electron chi connectivity index (χ3n) is 3.56. The van der Waals surface area contributed by atoms with Gasteiger partial charge in [0.05, 0.1) is 12.3 Å². The summed E-state index contributed by atoms with van der Waals surface area (Å²) in [5, 5.41) is 6.73. The van der Waals surface area contributed by atoms with Gasteiger partial charge in [0.15, 0.2) is 0 Å². The fourth-order valence-corrected chi connectivity index (χ4v) is 2.95. The Morgan fingerprint density at radius 2 is 1.96 bits per heavy atom. The maximum absolute atomic E-state index is 8.47. The van der Waals surface area contributed by atoms with Gasteiger partial charge < -0.3 is 15.8 Å². The van der Waals surface area contributed by atoms with Crippen molar-refractivity contribution in [1.29, 1.82) is 0 Å². The van der Waals surface area contributed by atoms with Gasteiger partial charge in [-0.15, -0.1) is 0 Å². The lowest BCUT2D eigenvalue weighted by Gasteiger charge is -2.12. The molecule has 9 heteroatoms. The van der Waals surface area contributed by atoms with Crippen LogP contribution < -0.4 is 15.8 Å². The van der Waals surface area contributed by atoms with Gasteiger partial charge in [0, 0.05) is 31.5 Å². The van der Waals surface area contributed by atoms with Crippen LogP contribution in [0.15, 0.2) is 53.6 Å². The van der Waals surface area contributed by atoms with E-state index in [-0.39, 0.29) is 5.95 Å². The molecule has 0 atom stereocenters. The van der Waals surface area contributed by atoms with Gasteiger partial charge in [-0.1, -0.05) is 17.2 Å². The van der Waals surface area contributed by atoms with Crippen LogP contribution >= 0.6 is 22.6 Å². The highest BCUT2D eigenvalue weighted by Gasteiger charge is 2.12. The van der Waals surface area contributed by atoms with Crippen molar-refractivity contribution in [3.63, 3.8) is 0 Å². The first-order chi connectivity index (χ1) is 13.1. The van der Waals surface area contributed by atoms with Crippen LogP contribution in [0.1, 0.15) is 6.92 Å². The average molecular weight is 473 g/mol. The van der Waals surface area contributed by atoms with E-state index in [1.807, 2.05) is 31.2 Å². The van der Waals surface area contributed by atoms with Crippen LogP contribution in [0.25, 0.3) is 21.7 Å². The quantitative estimate of drug-likeness (QED) is 0.214. The molecule has 1 heterocycles. The molecule has 0 radical (unpaired) electrons. The number of hydrogen-bond acceptors (Lipinski definition) is 6. The Kier molecular flexibility index (Phi) is 5.94. The van der Waals surface area contributed by atoms with Gasteiger partial charge >= 0.3 is 0 Å². The second-order valence-corrected chi connectivity index (χ2v) is 6.68. The molecule has 0 spiro atoms. The fraction of sp³-hybridized carbons (Fsp3) is 0.111. The number of azide groups is 1. The zero-order valence-electron chi connectivity index (χ0n) is 14.4. The van der Waals surface area contributed by atoms with E-state index in [0.717, 1.165) is 20.6 Å². The van der Waals surface area contributed by atoms with E-state index in [1.54, 1.807) is 24.3 Å². The summed E-state index contributed by atoms with van der Waals surface area (Å²) in [7, 11) is 0. The SMILES string of the molecule is CCOc1ccc(I)cc1-c1cc(Nc2ccc(N=[N+]=[N-])cc2)nc(N)n1. The number of nitrogen functional groups attached to an aromatic ring is 1. The molecule has 0 aliphatic carbocycles.